The van der Waals surface area contributed by atoms with Crippen molar-refractivity contribution in [3.63, 3.8) is 0 Å². The van der Waals surface area contributed by atoms with E-state index in [0.717, 1.165) is 27.8 Å². The van der Waals surface area contributed by atoms with Crippen LogP contribution in [0.1, 0.15) is 30.5 Å². The Kier molecular flexibility index (Phi) is 5.65. The van der Waals surface area contributed by atoms with Gasteiger partial charge in [-0.05, 0) is 25.1 Å². The van der Waals surface area contributed by atoms with Crippen LogP contribution in [0.2, 0.25) is 5.02 Å². The smallest absolute Gasteiger partial charge is 0.311 e. The average Bonchev–Trinajstić information content (AvgIpc) is 3.14. The van der Waals surface area contributed by atoms with Crippen molar-refractivity contribution in [2.24, 2.45) is 0 Å². The van der Waals surface area contributed by atoms with Crippen LogP contribution >= 0.6 is 11.6 Å². The molecule has 0 unspecified atom stereocenters. The maximum atomic E-state index is 13.0. The van der Waals surface area contributed by atoms with Gasteiger partial charge in [0.05, 0.1) is 22.0 Å². The molecule has 0 radical (unpaired) electrons. The van der Waals surface area contributed by atoms with Gasteiger partial charge in [-0.1, -0.05) is 11.6 Å². The van der Waals surface area contributed by atoms with Crippen LogP contribution in [-0.2, 0) is 20.6 Å². The molecule has 3 rings (SSSR count). The lowest BCUT2D eigenvalue weighted by Gasteiger charge is -2.15. The van der Waals surface area contributed by atoms with Crippen LogP contribution < -0.4 is 5.32 Å². The van der Waals surface area contributed by atoms with Crippen LogP contribution in [-0.4, -0.2) is 38.9 Å². The number of aryl methyl sites for hydroxylation is 1. The Balaban J connectivity index is 1.80. The highest BCUT2D eigenvalue weighted by Crippen LogP contribution is 2.34. The number of carbonyl (C=O) groups excluding carboxylic acids is 3. The predicted molar refractivity (Wildman–Crippen MR) is 97.5 cm³/mol. The number of anilines is 1. The molecular formula is C18H16ClF3N4O3. The van der Waals surface area contributed by atoms with E-state index in [9.17, 15) is 27.6 Å². The highest BCUT2D eigenvalue weighted by atomic mass is 35.5. The number of hydrogen-bond acceptors (Lipinski definition) is 4. The summed E-state index contributed by atoms with van der Waals surface area (Å²) in [6.45, 7) is 1.54. The molecule has 1 aromatic carbocycles. The molecule has 0 spiro atoms. The molecular weight excluding hydrogens is 413 g/mol. The normalized spacial score (nSPS) is 14.6. The summed E-state index contributed by atoms with van der Waals surface area (Å²) in [5, 5.41) is 6.67. The standard InChI is InChI=1S/C18H16ClF3N4O3/c1-10-8-14(23-15(27)6-7-25-16(28)4-5-17(25)29)26(24-10)13-9-11(18(20,21)22)2-3-12(13)19/h2-3,8-9H,4-7H2,1H3,(H,23,27). The second-order valence-corrected chi connectivity index (χ2v) is 6.89. The Bertz CT molecular complexity index is 971. The first kappa shape index (κ1) is 20.8. The van der Waals surface area contributed by atoms with Crippen LogP contribution in [0.4, 0.5) is 19.0 Å². The molecule has 0 bridgehead atoms. The first-order valence-corrected chi connectivity index (χ1v) is 9.01. The van der Waals surface area contributed by atoms with Gasteiger partial charge in [-0.2, -0.15) is 18.3 Å². The Morgan fingerprint density at radius 3 is 2.48 bits per heavy atom. The molecule has 7 nitrogen and oxygen atoms in total. The van der Waals surface area contributed by atoms with Gasteiger partial charge in [0.25, 0.3) is 0 Å². The highest BCUT2D eigenvalue weighted by molar-refractivity contribution is 6.32. The van der Waals surface area contributed by atoms with Crippen LogP contribution in [0.15, 0.2) is 24.3 Å². The van der Waals surface area contributed by atoms with Gasteiger partial charge < -0.3 is 5.32 Å². The van der Waals surface area contributed by atoms with Gasteiger partial charge in [0, 0.05) is 31.9 Å². The number of alkyl halides is 3. The highest BCUT2D eigenvalue weighted by Gasteiger charge is 2.32. The Labute approximate surface area is 168 Å². The third-order valence-electron chi connectivity index (χ3n) is 4.32. The van der Waals surface area contributed by atoms with E-state index in [4.69, 9.17) is 11.6 Å². The molecule has 0 atom stereocenters. The summed E-state index contributed by atoms with van der Waals surface area (Å²) < 4.78 is 40.2. The zero-order valence-corrected chi connectivity index (χ0v) is 16.0. The lowest BCUT2D eigenvalue weighted by molar-refractivity contribution is -0.139. The number of carbonyl (C=O) groups is 3. The van der Waals surface area contributed by atoms with Crippen LogP contribution in [0.3, 0.4) is 0 Å². The lowest BCUT2D eigenvalue weighted by Crippen LogP contribution is -2.32. The van der Waals surface area contributed by atoms with E-state index >= 15 is 0 Å². The third-order valence-corrected chi connectivity index (χ3v) is 4.64. The van der Waals surface area contributed by atoms with Gasteiger partial charge in [0.2, 0.25) is 17.7 Å². The largest absolute Gasteiger partial charge is 0.416 e. The molecule has 154 valence electrons. The van der Waals surface area contributed by atoms with Crippen molar-refractivity contribution in [1.82, 2.24) is 14.7 Å². The predicted octanol–water partition coefficient (Wildman–Crippen LogP) is 3.33. The van der Waals surface area contributed by atoms with E-state index in [1.807, 2.05) is 0 Å². The lowest BCUT2D eigenvalue weighted by atomic mass is 10.2. The number of nitrogens with zero attached hydrogens (tertiary/aromatic N) is 3. The van der Waals surface area contributed by atoms with E-state index in [1.165, 1.54) is 6.07 Å². The van der Waals surface area contributed by atoms with Crippen molar-refractivity contribution in [1.29, 1.82) is 0 Å². The number of halogens is 4. The zero-order valence-electron chi connectivity index (χ0n) is 15.2. The molecule has 1 saturated heterocycles. The van der Waals surface area contributed by atoms with E-state index in [1.54, 1.807) is 6.92 Å². The fourth-order valence-electron chi connectivity index (χ4n) is 2.91. The van der Waals surface area contributed by atoms with Gasteiger partial charge in [-0.3, -0.25) is 19.3 Å². The minimum absolute atomic E-state index is 0.0184. The summed E-state index contributed by atoms with van der Waals surface area (Å²) in [5.41, 5.74) is -0.512. The Morgan fingerprint density at radius 1 is 1.21 bits per heavy atom. The molecule has 0 saturated carbocycles. The van der Waals surface area contributed by atoms with E-state index in [0.29, 0.717) is 5.69 Å². The molecule has 1 aromatic heterocycles. The maximum absolute atomic E-state index is 13.0. The summed E-state index contributed by atoms with van der Waals surface area (Å²) in [4.78, 5) is 36.5. The summed E-state index contributed by atoms with van der Waals surface area (Å²) in [5.74, 6) is -1.08. The minimum Gasteiger partial charge on any atom is -0.311 e. The minimum atomic E-state index is -4.57. The van der Waals surface area contributed by atoms with Crippen molar-refractivity contribution in [2.75, 3.05) is 11.9 Å². The first-order valence-electron chi connectivity index (χ1n) is 8.63. The SMILES string of the molecule is Cc1cc(NC(=O)CCN2C(=O)CCC2=O)n(-c2cc(C(F)(F)F)ccc2Cl)n1. The van der Waals surface area contributed by atoms with Crippen LogP contribution in [0.25, 0.3) is 5.69 Å². The molecule has 2 aromatic rings. The summed E-state index contributed by atoms with van der Waals surface area (Å²) in [6.07, 6.45) is -4.47. The summed E-state index contributed by atoms with van der Waals surface area (Å²) >= 11 is 6.06. The van der Waals surface area contributed by atoms with Gasteiger partial charge >= 0.3 is 6.18 Å². The summed E-state index contributed by atoms with van der Waals surface area (Å²) in [6, 6.07) is 4.27. The van der Waals surface area contributed by atoms with Crippen molar-refractivity contribution in [3.05, 3.63) is 40.5 Å². The number of imide groups is 1. The van der Waals surface area contributed by atoms with E-state index in [-0.39, 0.29) is 54.1 Å². The van der Waals surface area contributed by atoms with Crippen LogP contribution in [0, 0.1) is 6.92 Å². The first-order chi connectivity index (χ1) is 13.6. The molecule has 3 amide bonds. The molecule has 1 N–H and O–H groups in total. The number of nitrogens with one attached hydrogen (secondary N) is 1. The maximum Gasteiger partial charge on any atom is 0.416 e. The van der Waals surface area contributed by atoms with Gasteiger partial charge in [0.1, 0.15) is 5.82 Å². The molecule has 1 aliphatic rings. The summed E-state index contributed by atoms with van der Waals surface area (Å²) in [7, 11) is 0. The topological polar surface area (TPSA) is 84.3 Å². The second-order valence-electron chi connectivity index (χ2n) is 6.48. The molecule has 11 heteroatoms. The van der Waals surface area contributed by atoms with Gasteiger partial charge in [0.15, 0.2) is 0 Å². The zero-order chi connectivity index (χ0) is 21.3. The third kappa shape index (κ3) is 4.58. The van der Waals surface area contributed by atoms with E-state index < -0.39 is 17.6 Å². The van der Waals surface area contributed by atoms with E-state index in [2.05, 4.69) is 10.4 Å². The Morgan fingerprint density at radius 2 is 1.86 bits per heavy atom. The molecule has 2 heterocycles. The van der Waals surface area contributed by atoms with Crippen molar-refractivity contribution < 1.29 is 27.6 Å². The molecule has 1 aliphatic heterocycles. The molecule has 0 aliphatic carbocycles. The number of benzene rings is 1. The average molecular weight is 429 g/mol. The number of hydrogen-bond donors (Lipinski definition) is 1. The molecule has 1 fully saturated rings. The monoisotopic (exact) mass is 428 g/mol. The number of amides is 3. The van der Waals surface area contributed by atoms with Crippen molar-refractivity contribution in [3.8, 4) is 5.69 Å². The number of rotatable bonds is 5. The van der Waals surface area contributed by atoms with Crippen molar-refractivity contribution >= 4 is 35.1 Å². The van der Waals surface area contributed by atoms with Crippen LogP contribution in [0.5, 0.6) is 0 Å². The van der Waals surface area contributed by atoms with Gasteiger partial charge in [-0.15, -0.1) is 0 Å². The number of likely N-dealkylation sites (tertiary alicyclic amines) is 1. The van der Waals surface area contributed by atoms with Gasteiger partial charge in [-0.25, -0.2) is 4.68 Å². The molecule has 29 heavy (non-hydrogen) atoms. The quantitative estimate of drug-likeness (QED) is 0.740. The second kappa shape index (κ2) is 7.86. The van der Waals surface area contributed by atoms with Crippen molar-refractivity contribution in [2.45, 2.75) is 32.4 Å². The number of aromatic nitrogens is 2. The fourth-order valence-corrected chi connectivity index (χ4v) is 3.11. The Hall–Kier alpha value is -2.88. The fraction of sp³-hybridized carbons (Fsp3) is 0.333.